The number of benzene rings is 2. The molecule has 2 aromatic carbocycles. The summed E-state index contributed by atoms with van der Waals surface area (Å²) in [7, 11) is 0. The summed E-state index contributed by atoms with van der Waals surface area (Å²) in [4.78, 5) is 49.3. The second-order valence-electron chi connectivity index (χ2n) is 8.74. The van der Waals surface area contributed by atoms with Crippen LogP contribution in [0.5, 0.6) is 11.5 Å². The summed E-state index contributed by atoms with van der Waals surface area (Å²) >= 11 is 0. The molecule has 0 N–H and O–H groups in total. The zero-order valence-corrected chi connectivity index (χ0v) is 20.9. The predicted molar refractivity (Wildman–Crippen MR) is 141 cm³/mol. The van der Waals surface area contributed by atoms with Gasteiger partial charge in [-0.25, -0.2) is 9.78 Å². The van der Waals surface area contributed by atoms with Crippen LogP contribution < -0.4 is 20.5 Å². The molecule has 10 heteroatoms. The quantitative estimate of drug-likeness (QED) is 0.257. The first-order valence-electron chi connectivity index (χ1n) is 12.3. The van der Waals surface area contributed by atoms with Gasteiger partial charge in [-0.15, -0.1) is 0 Å². The van der Waals surface area contributed by atoms with Crippen LogP contribution in [-0.2, 0) is 11.3 Å². The topological polar surface area (TPSA) is 113 Å². The van der Waals surface area contributed by atoms with Crippen molar-refractivity contribution in [2.24, 2.45) is 4.99 Å². The van der Waals surface area contributed by atoms with E-state index < -0.39 is 11.9 Å². The van der Waals surface area contributed by atoms with Gasteiger partial charge >= 0.3 is 5.97 Å². The molecule has 5 aromatic rings. The maximum Gasteiger partial charge on any atom is 0.341 e. The van der Waals surface area contributed by atoms with Crippen molar-refractivity contribution in [1.82, 2.24) is 14.0 Å². The van der Waals surface area contributed by atoms with E-state index in [1.54, 1.807) is 54.1 Å². The molecular weight excluding hydrogens is 500 g/mol. The van der Waals surface area contributed by atoms with Crippen LogP contribution in [0.1, 0.15) is 33.2 Å². The molecule has 0 spiro atoms. The highest BCUT2D eigenvalue weighted by Gasteiger charge is 2.21. The number of ether oxygens (including phenoxy) is 3. The summed E-state index contributed by atoms with van der Waals surface area (Å²) < 4.78 is 19.1. The van der Waals surface area contributed by atoms with E-state index in [2.05, 4.69) is 4.99 Å². The van der Waals surface area contributed by atoms with Gasteiger partial charge in [0.2, 0.25) is 6.79 Å². The molecule has 0 aliphatic carbocycles. The number of hydrogen-bond acceptors (Lipinski definition) is 7. The third kappa shape index (κ3) is 4.42. The molecule has 0 fully saturated rings. The van der Waals surface area contributed by atoms with Gasteiger partial charge in [-0.3, -0.25) is 14.0 Å². The van der Waals surface area contributed by atoms with Gasteiger partial charge in [0.1, 0.15) is 16.9 Å². The van der Waals surface area contributed by atoms with Gasteiger partial charge in [0, 0.05) is 11.8 Å². The highest BCUT2D eigenvalue weighted by Crippen LogP contribution is 2.32. The third-order valence-electron chi connectivity index (χ3n) is 6.30. The molecule has 0 atom stereocenters. The number of amides is 1. The summed E-state index contributed by atoms with van der Waals surface area (Å²) in [5, 5.41) is 0.187. The smallest absolute Gasteiger partial charge is 0.341 e. The van der Waals surface area contributed by atoms with Crippen LogP contribution in [0, 0.1) is 0 Å². The predicted octanol–water partition coefficient (Wildman–Crippen LogP) is 3.34. The molecule has 0 bridgehead atoms. The highest BCUT2D eigenvalue weighted by atomic mass is 16.7. The Bertz CT molecular complexity index is 1890. The lowest BCUT2D eigenvalue weighted by molar-refractivity contribution is 0.0523. The van der Waals surface area contributed by atoms with Gasteiger partial charge in [-0.1, -0.05) is 36.4 Å². The lowest BCUT2D eigenvalue weighted by Gasteiger charge is -2.15. The van der Waals surface area contributed by atoms with Crippen molar-refractivity contribution in [3.63, 3.8) is 0 Å². The van der Waals surface area contributed by atoms with E-state index in [9.17, 15) is 14.4 Å². The molecule has 0 saturated heterocycles. The van der Waals surface area contributed by atoms with Crippen LogP contribution >= 0.6 is 0 Å². The van der Waals surface area contributed by atoms with E-state index in [0.717, 1.165) is 5.56 Å². The molecule has 0 saturated carbocycles. The van der Waals surface area contributed by atoms with E-state index in [0.29, 0.717) is 17.1 Å². The molecule has 0 unspecified atom stereocenters. The van der Waals surface area contributed by atoms with Gasteiger partial charge < -0.3 is 18.8 Å². The van der Waals surface area contributed by atoms with Crippen molar-refractivity contribution in [2.45, 2.75) is 13.5 Å². The molecular formula is C29H22N4O6. The molecule has 1 aliphatic rings. The largest absolute Gasteiger partial charge is 0.462 e. The van der Waals surface area contributed by atoms with Gasteiger partial charge in [0.15, 0.2) is 17.0 Å². The summed E-state index contributed by atoms with van der Waals surface area (Å²) in [6.45, 7) is 2.02. The maximum absolute atomic E-state index is 13.5. The van der Waals surface area contributed by atoms with Crippen LogP contribution in [0.15, 0.2) is 88.8 Å². The van der Waals surface area contributed by atoms with Crippen molar-refractivity contribution in [1.29, 1.82) is 0 Å². The minimum absolute atomic E-state index is 0.0239. The first kappa shape index (κ1) is 24.1. The van der Waals surface area contributed by atoms with Crippen molar-refractivity contribution in [2.75, 3.05) is 13.4 Å². The normalized spacial score (nSPS) is 12.7. The van der Waals surface area contributed by atoms with Crippen molar-refractivity contribution < 1.29 is 23.8 Å². The number of fused-ring (bicyclic) bond motifs is 3. The highest BCUT2D eigenvalue weighted by molar-refractivity contribution is 5.97. The SMILES string of the molecule is CCOC(=O)c1cc2c(=O)n3ccccc3nc2n(Cc2ccccc2)c1=NC(=O)c1ccc2c(c1)OCO2. The molecule has 10 nitrogen and oxygen atoms in total. The molecule has 4 heterocycles. The minimum Gasteiger partial charge on any atom is -0.462 e. The fraction of sp³-hybridized carbons (Fsp3) is 0.138. The lowest BCUT2D eigenvalue weighted by Crippen LogP contribution is -2.33. The monoisotopic (exact) mass is 522 g/mol. The van der Waals surface area contributed by atoms with Crippen LogP contribution in [0.4, 0.5) is 0 Å². The van der Waals surface area contributed by atoms with E-state index >= 15 is 0 Å². The summed E-state index contributed by atoms with van der Waals surface area (Å²) in [6.07, 6.45) is 1.61. The Balaban J connectivity index is 1.67. The Labute approximate surface area is 221 Å². The number of rotatable bonds is 5. The maximum atomic E-state index is 13.5. The van der Waals surface area contributed by atoms with Crippen molar-refractivity contribution in [3.8, 4) is 11.5 Å². The van der Waals surface area contributed by atoms with E-state index in [1.165, 1.54) is 10.5 Å². The van der Waals surface area contributed by atoms with E-state index in [4.69, 9.17) is 19.2 Å². The zero-order valence-electron chi connectivity index (χ0n) is 20.9. The average Bonchev–Trinajstić information content (AvgIpc) is 3.43. The molecule has 3 aromatic heterocycles. The van der Waals surface area contributed by atoms with Gasteiger partial charge in [-0.2, -0.15) is 4.99 Å². The summed E-state index contributed by atoms with van der Waals surface area (Å²) in [5.74, 6) is -0.368. The number of carbonyl (C=O) groups is 2. The lowest BCUT2D eigenvalue weighted by atomic mass is 10.1. The first-order valence-corrected chi connectivity index (χ1v) is 12.3. The average molecular weight is 523 g/mol. The number of nitrogens with zero attached hydrogens (tertiary/aromatic N) is 4. The number of aromatic nitrogens is 3. The zero-order chi connectivity index (χ0) is 26.9. The van der Waals surface area contributed by atoms with Crippen molar-refractivity contribution >= 4 is 28.6 Å². The van der Waals surface area contributed by atoms with Crippen LogP contribution in [0.3, 0.4) is 0 Å². The summed E-state index contributed by atoms with van der Waals surface area (Å²) in [5.41, 5.74) is 1.42. The number of pyridine rings is 2. The fourth-order valence-corrected chi connectivity index (χ4v) is 4.46. The Kier molecular flexibility index (Phi) is 6.12. The number of carbonyl (C=O) groups excluding carboxylic acids is 2. The number of esters is 1. The van der Waals surface area contributed by atoms with Crippen molar-refractivity contribution in [3.05, 3.63) is 112 Å². The second kappa shape index (κ2) is 9.90. The molecule has 6 rings (SSSR count). The second-order valence-corrected chi connectivity index (χ2v) is 8.74. The Morgan fingerprint density at radius 2 is 1.79 bits per heavy atom. The Morgan fingerprint density at radius 1 is 1.00 bits per heavy atom. The Hall–Kier alpha value is -5.25. The minimum atomic E-state index is -0.712. The van der Waals surface area contributed by atoms with Crippen LogP contribution in [-0.4, -0.2) is 39.2 Å². The molecule has 39 heavy (non-hydrogen) atoms. The number of hydrogen-bond donors (Lipinski definition) is 0. The van der Waals surface area contributed by atoms with Gasteiger partial charge in [0.05, 0.1) is 18.5 Å². The molecule has 1 amide bonds. The standard InChI is InChI=1S/C29H22N4O6/c1-2-37-29(36)21-15-20-25(30-24-10-6-7-13-32(24)28(20)35)33(16-18-8-4-3-5-9-18)26(21)31-27(34)19-11-12-22-23(14-19)39-17-38-22/h3-15H,2,16-17H2,1H3. The fourth-order valence-electron chi connectivity index (χ4n) is 4.46. The van der Waals surface area contributed by atoms with Gasteiger partial charge in [-0.05, 0) is 48.9 Å². The first-order chi connectivity index (χ1) is 19.0. The molecule has 0 radical (unpaired) electrons. The van der Waals surface area contributed by atoms with Gasteiger partial charge in [0.25, 0.3) is 11.5 Å². The van der Waals surface area contributed by atoms with E-state index in [1.807, 2.05) is 30.3 Å². The Morgan fingerprint density at radius 3 is 2.62 bits per heavy atom. The molecule has 194 valence electrons. The van der Waals surface area contributed by atoms with Crippen LogP contribution in [0.2, 0.25) is 0 Å². The van der Waals surface area contributed by atoms with Crippen LogP contribution in [0.25, 0.3) is 16.7 Å². The molecule has 1 aliphatic heterocycles. The summed E-state index contributed by atoms with van der Waals surface area (Å²) in [6, 6.07) is 20.8. The van der Waals surface area contributed by atoms with E-state index in [-0.39, 0.29) is 53.2 Å². The third-order valence-corrected chi connectivity index (χ3v) is 6.30.